The van der Waals surface area contributed by atoms with Gasteiger partial charge in [0, 0.05) is 15.6 Å². The number of nitrogens with zero attached hydrogens (tertiary/aromatic N) is 3. The zero-order valence-corrected chi connectivity index (χ0v) is 19.5. The third-order valence-corrected chi connectivity index (χ3v) is 6.26. The standard InChI is InChI=1S/C23H20Cl2N4O2S/c1-15(16-4-8-18(24)9-5-16)26-21(30)14-32-23-28-27-22(17-6-10-19(25)11-7-17)29(23)13-20-3-2-12-31-20/h2-12,15H,13-14H2,1H3,(H,26,30). The van der Waals surface area contributed by atoms with E-state index in [9.17, 15) is 4.79 Å². The topological polar surface area (TPSA) is 73.0 Å². The molecule has 0 bridgehead atoms. The van der Waals surface area contributed by atoms with Crippen LogP contribution >= 0.6 is 35.0 Å². The molecular weight excluding hydrogens is 467 g/mol. The molecule has 0 radical (unpaired) electrons. The molecule has 4 rings (SSSR count). The highest BCUT2D eigenvalue weighted by atomic mass is 35.5. The Morgan fingerprint density at radius 1 is 1.06 bits per heavy atom. The van der Waals surface area contributed by atoms with Crippen molar-refractivity contribution < 1.29 is 9.21 Å². The molecule has 0 aliphatic heterocycles. The van der Waals surface area contributed by atoms with Crippen molar-refractivity contribution >= 4 is 40.9 Å². The highest BCUT2D eigenvalue weighted by molar-refractivity contribution is 7.99. The summed E-state index contributed by atoms with van der Waals surface area (Å²) in [7, 11) is 0. The van der Waals surface area contributed by atoms with Crippen molar-refractivity contribution in [3.8, 4) is 11.4 Å². The lowest BCUT2D eigenvalue weighted by Gasteiger charge is -2.14. The van der Waals surface area contributed by atoms with Crippen molar-refractivity contribution in [1.29, 1.82) is 0 Å². The number of hydrogen-bond donors (Lipinski definition) is 1. The summed E-state index contributed by atoms with van der Waals surface area (Å²) in [4.78, 5) is 12.6. The van der Waals surface area contributed by atoms with Gasteiger partial charge in [0.1, 0.15) is 5.76 Å². The Morgan fingerprint density at radius 3 is 2.41 bits per heavy atom. The monoisotopic (exact) mass is 486 g/mol. The fourth-order valence-electron chi connectivity index (χ4n) is 3.16. The van der Waals surface area contributed by atoms with Crippen LogP contribution in [0.2, 0.25) is 10.0 Å². The third kappa shape index (κ3) is 5.54. The van der Waals surface area contributed by atoms with E-state index in [4.69, 9.17) is 27.6 Å². The van der Waals surface area contributed by atoms with Crippen LogP contribution in [0, 0.1) is 0 Å². The summed E-state index contributed by atoms with van der Waals surface area (Å²) >= 11 is 13.3. The fraction of sp³-hybridized carbons (Fsp3) is 0.174. The first-order valence-electron chi connectivity index (χ1n) is 9.89. The molecule has 0 spiro atoms. The van der Waals surface area contributed by atoms with Gasteiger partial charge in [-0.3, -0.25) is 9.36 Å². The summed E-state index contributed by atoms with van der Waals surface area (Å²) in [6.45, 7) is 2.38. The number of carbonyl (C=O) groups excluding carboxylic acids is 1. The van der Waals surface area contributed by atoms with E-state index < -0.39 is 0 Å². The second-order valence-corrected chi connectivity index (χ2v) is 8.92. The molecule has 32 heavy (non-hydrogen) atoms. The number of benzene rings is 2. The lowest BCUT2D eigenvalue weighted by atomic mass is 10.1. The van der Waals surface area contributed by atoms with Crippen molar-refractivity contribution in [2.24, 2.45) is 0 Å². The van der Waals surface area contributed by atoms with Gasteiger partial charge in [-0.2, -0.15) is 0 Å². The normalized spacial score (nSPS) is 12.0. The Bertz CT molecular complexity index is 1180. The Morgan fingerprint density at radius 2 is 1.75 bits per heavy atom. The molecule has 1 unspecified atom stereocenters. The number of carbonyl (C=O) groups is 1. The molecule has 0 aliphatic rings. The van der Waals surface area contributed by atoms with Crippen LogP contribution in [0.1, 0.15) is 24.3 Å². The second kappa shape index (κ2) is 10.3. The van der Waals surface area contributed by atoms with E-state index in [1.54, 1.807) is 18.4 Å². The minimum Gasteiger partial charge on any atom is -0.467 e. The Hall–Kier alpha value is -2.74. The minimum atomic E-state index is -0.133. The van der Waals surface area contributed by atoms with E-state index in [0.29, 0.717) is 27.6 Å². The predicted octanol–water partition coefficient (Wildman–Crippen LogP) is 5.86. The molecule has 0 saturated carbocycles. The first-order chi connectivity index (χ1) is 15.5. The maximum absolute atomic E-state index is 12.6. The highest BCUT2D eigenvalue weighted by Gasteiger charge is 2.18. The maximum Gasteiger partial charge on any atom is 0.230 e. The van der Waals surface area contributed by atoms with Crippen molar-refractivity contribution in [3.05, 3.63) is 88.3 Å². The molecule has 1 atom stereocenters. The molecule has 1 N–H and O–H groups in total. The quantitative estimate of drug-likeness (QED) is 0.315. The summed E-state index contributed by atoms with van der Waals surface area (Å²) in [5.41, 5.74) is 1.86. The molecule has 6 nitrogen and oxygen atoms in total. The Kier molecular flexibility index (Phi) is 7.19. The molecular formula is C23H20Cl2N4O2S. The van der Waals surface area contributed by atoms with Crippen molar-refractivity contribution in [3.63, 3.8) is 0 Å². The molecule has 0 saturated heterocycles. The molecule has 2 aromatic heterocycles. The number of thioether (sulfide) groups is 1. The van der Waals surface area contributed by atoms with E-state index >= 15 is 0 Å². The molecule has 2 heterocycles. The van der Waals surface area contributed by atoms with Crippen LogP contribution in [-0.4, -0.2) is 26.4 Å². The maximum atomic E-state index is 12.6. The van der Waals surface area contributed by atoms with Gasteiger partial charge >= 0.3 is 0 Å². The van der Waals surface area contributed by atoms with Crippen LogP contribution in [-0.2, 0) is 11.3 Å². The zero-order valence-electron chi connectivity index (χ0n) is 17.2. The van der Waals surface area contributed by atoms with E-state index in [2.05, 4.69) is 15.5 Å². The van der Waals surface area contributed by atoms with Crippen molar-refractivity contribution in [1.82, 2.24) is 20.1 Å². The molecule has 1 amide bonds. The van der Waals surface area contributed by atoms with Gasteiger partial charge in [-0.1, -0.05) is 47.1 Å². The molecule has 9 heteroatoms. The fourth-order valence-corrected chi connectivity index (χ4v) is 4.16. The van der Waals surface area contributed by atoms with E-state index in [1.807, 2.05) is 60.0 Å². The lowest BCUT2D eigenvalue weighted by molar-refractivity contribution is -0.119. The molecule has 0 fully saturated rings. The van der Waals surface area contributed by atoms with Crippen LogP contribution < -0.4 is 5.32 Å². The number of amides is 1. The lowest BCUT2D eigenvalue weighted by Crippen LogP contribution is -2.28. The molecule has 2 aromatic carbocycles. The summed E-state index contributed by atoms with van der Waals surface area (Å²) in [6.07, 6.45) is 1.63. The molecule has 4 aromatic rings. The highest BCUT2D eigenvalue weighted by Crippen LogP contribution is 2.26. The van der Waals surface area contributed by atoms with E-state index in [1.165, 1.54) is 11.8 Å². The van der Waals surface area contributed by atoms with Crippen molar-refractivity contribution in [2.45, 2.75) is 24.7 Å². The van der Waals surface area contributed by atoms with Crippen LogP contribution in [0.4, 0.5) is 0 Å². The van der Waals surface area contributed by atoms with Gasteiger partial charge < -0.3 is 9.73 Å². The Labute approximate surface area is 199 Å². The zero-order chi connectivity index (χ0) is 22.5. The van der Waals surface area contributed by atoms with Crippen LogP contribution in [0.5, 0.6) is 0 Å². The van der Waals surface area contributed by atoms with Gasteiger partial charge in [-0.15, -0.1) is 10.2 Å². The summed E-state index contributed by atoms with van der Waals surface area (Å²) in [5, 5.41) is 13.6. The van der Waals surface area contributed by atoms with Gasteiger partial charge in [0.25, 0.3) is 0 Å². The number of aromatic nitrogens is 3. The van der Waals surface area contributed by atoms with Gasteiger partial charge in [-0.05, 0) is 61.0 Å². The van der Waals surface area contributed by atoms with Crippen molar-refractivity contribution in [2.75, 3.05) is 5.75 Å². The third-order valence-electron chi connectivity index (χ3n) is 4.79. The number of nitrogens with one attached hydrogen (secondary N) is 1. The number of halogens is 2. The SMILES string of the molecule is CC(NC(=O)CSc1nnc(-c2ccc(Cl)cc2)n1Cc1ccco1)c1ccc(Cl)cc1. The number of hydrogen-bond acceptors (Lipinski definition) is 5. The molecule has 0 aliphatic carbocycles. The van der Waals surface area contributed by atoms with Crippen LogP contribution in [0.15, 0.2) is 76.5 Å². The van der Waals surface area contributed by atoms with E-state index in [-0.39, 0.29) is 17.7 Å². The van der Waals surface area contributed by atoms with Crippen LogP contribution in [0.3, 0.4) is 0 Å². The summed E-state index contributed by atoms with van der Waals surface area (Å²) in [5.74, 6) is 1.55. The van der Waals surface area contributed by atoms with Gasteiger partial charge in [0.2, 0.25) is 5.91 Å². The average molecular weight is 487 g/mol. The number of furan rings is 1. The first kappa shape index (κ1) is 22.5. The minimum absolute atomic E-state index is 0.0990. The van der Waals surface area contributed by atoms with Gasteiger partial charge in [0.15, 0.2) is 11.0 Å². The smallest absolute Gasteiger partial charge is 0.230 e. The average Bonchev–Trinajstić information content (AvgIpc) is 3.44. The molecule has 164 valence electrons. The largest absolute Gasteiger partial charge is 0.467 e. The van der Waals surface area contributed by atoms with Gasteiger partial charge in [-0.25, -0.2) is 0 Å². The summed E-state index contributed by atoms with van der Waals surface area (Å²) < 4.78 is 7.45. The van der Waals surface area contributed by atoms with Gasteiger partial charge in [0.05, 0.1) is 24.6 Å². The van der Waals surface area contributed by atoms with Crippen LogP contribution in [0.25, 0.3) is 11.4 Å². The second-order valence-electron chi connectivity index (χ2n) is 7.11. The summed E-state index contributed by atoms with van der Waals surface area (Å²) in [6, 6.07) is 18.4. The Balaban J connectivity index is 1.48. The predicted molar refractivity (Wildman–Crippen MR) is 127 cm³/mol. The number of rotatable bonds is 8. The van der Waals surface area contributed by atoms with E-state index in [0.717, 1.165) is 16.9 Å². The first-order valence-corrected chi connectivity index (χ1v) is 11.6.